The third-order valence-electron chi connectivity index (χ3n) is 2.98. The Morgan fingerprint density at radius 1 is 1.22 bits per heavy atom. The van der Waals surface area contributed by atoms with Crippen molar-refractivity contribution in [1.82, 2.24) is 10.6 Å². The highest BCUT2D eigenvalue weighted by molar-refractivity contribution is 14.0. The van der Waals surface area contributed by atoms with E-state index in [0.29, 0.717) is 6.54 Å². The number of ether oxygens (including phenoxy) is 3. The van der Waals surface area contributed by atoms with Crippen LogP contribution in [0.2, 0.25) is 0 Å². The molecule has 1 unspecified atom stereocenters. The van der Waals surface area contributed by atoms with E-state index in [-0.39, 0.29) is 30.1 Å². The van der Waals surface area contributed by atoms with Gasteiger partial charge in [-0.25, -0.2) is 0 Å². The summed E-state index contributed by atoms with van der Waals surface area (Å²) in [6.07, 6.45) is 0.942. The molecule has 132 valence electrons. The van der Waals surface area contributed by atoms with Gasteiger partial charge in [0.15, 0.2) is 5.96 Å². The van der Waals surface area contributed by atoms with Gasteiger partial charge in [0.2, 0.25) is 0 Å². The van der Waals surface area contributed by atoms with Gasteiger partial charge in [0, 0.05) is 33.4 Å². The topological polar surface area (TPSA) is 64.1 Å². The Kier molecular flexibility index (Phi) is 12.5. The number of guanidine groups is 1. The number of rotatable bonds is 9. The van der Waals surface area contributed by atoms with Crippen LogP contribution in [0.3, 0.4) is 0 Å². The molecule has 2 N–H and O–H groups in total. The highest BCUT2D eigenvalue weighted by Gasteiger charge is 2.06. The third-order valence-corrected chi connectivity index (χ3v) is 2.98. The SMILES string of the molecule is CN=C(NCCCOC)NCC(C)Oc1cccc(OC)c1.I. The minimum atomic E-state index is 0. The summed E-state index contributed by atoms with van der Waals surface area (Å²) < 4.78 is 16.0. The first-order chi connectivity index (χ1) is 10.7. The molecular formula is C16H28IN3O3. The van der Waals surface area contributed by atoms with E-state index in [2.05, 4.69) is 15.6 Å². The van der Waals surface area contributed by atoms with Crippen LogP contribution in [0.15, 0.2) is 29.3 Å². The first kappa shape index (κ1) is 21.8. The van der Waals surface area contributed by atoms with Crippen molar-refractivity contribution in [3.63, 3.8) is 0 Å². The van der Waals surface area contributed by atoms with E-state index in [1.807, 2.05) is 31.2 Å². The van der Waals surface area contributed by atoms with Crippen molar-refractivity contribution in [1.29, 1.82) is 0 Å². The van der Waals surface area contributed by atoms with Crippen molar-refractivity contribution < 1.29 is 14.2 Å². The highest BCUT2D eigenvalue weighted by Crippen LogP contribution is 2.19. The van der Waals surface area contributed by atoms with Crippen LogP contribution < -0.4 is 20.1 Å². The Balaban J connectivity index is 0.00000484. The lowest BCUT2D eigenvalue weighted by atomic mass is 10.3. The Hall–Kier alpha value is -1.22. The van der Waals surface area contributed by atoms with Crippen molar-refractivity contribution >= 4 is 29.9 Å². The van der Waals surface area contributed by atoms with E-state index in [0.717, 1.165) is 37.0 Å². The van der Waals surface area contributed by atoms with Gasteiger partial charge in [-0.15, -0.1) is 24.0 Å². The molecule has 0 saturated heterocycles. The van der Waals surface area contributed by atoms with E-state index in [1.165, 1.54) is 0 Å². The molecule has 0 aliphatic rings. The second kappa shape index (κ2) is 13.2. The predicted molar refractivity (Wildman–Crippen MR) is 104 cm³/mol. The zero-order chi connectivity index (χ0) is 16.2. The minimum absolute atomic E-state index is 0. The highest BCUT2D eigenvalue weighted by atomic mass is 127. The lowest BCUT2D eigenvalue weighted by Crippen LogP contribution is -2.42. The minimum Gasteiger partial charge on any atom is -0.497 e. The molecule has 0 amide bonds. The van der Waals surface area contributed by atoms with Gasteiger partial charge >= 0.3 is 0 Å². The van der Waals surface area contributed by atoms with Crippen LogP contribution in [-0.4, -0.2) is 53.0 Å². The number of aliphatic imine (C=N–C) groups is 1. The molecule has 0 fully saturated rings. The molecule has 0 aliphatic heterocycles. The summed E-state index contributed by atoms with van der Waals surface area (Å²) in [5.41, 5.74) is 0. The van der Waals surface area contributed by atoms with Crippen LogP contribution in [0.1, 0.15) is 13.3 Å². The van der Waals surface area contributed by atoms with Gasteiger partial charge in [-0.05, 0) is 25.5 Å². The van der Waals surface area contributed by atoms with Crippen molar-refractivity contribution in [3.8, 4) is 11.5 Å². The summed E-state index contributed by atoms with van der Waals surface area (Å²) in [4.78, 5) is 4.17. The van der Waals surface area contributed by atoms with Gasteiger partial charge in [-0.1, -0.05) is 6.07 Å². The zero-order valence-electron chi connectivity index (χ0n) is 14.3. The summed E-state index contributed by atoms with van der Waals surface area (Å²) in [7, 11) is 5.09. The summed E-state index contributed by atoms with van der Waals surface area (Å²) in [6.45, 7) is 4.21. The van der Waals surface area contributed by atoms with E-state index >= 15 is 0 Å². The average molecular weight is 437 g/mol. The molecule has 0 aromatic heterocycles. The Morgan fingerprint density at radius 2 is 1.96 bits per heavy atom. The molecule has 7 heteroatoms. The summed E-state index contributed by atoms with van der Waals surface area (Å²) in [5.74, 6) is 2.34. The predicted octanol–water partition coefficient (Wildman–Crippen LogP) is 2.28. The van der Waals surface area contributed by atoms with E-state index in [4.69, 9.17) is 14.2 Å². The summed E-state index contributed by atoms with van der Waals surface area (Å²) >= 11 is 0. The zero-order valence-corrected chi connectivity index (χ0v) is 16.6. The molecule has 0 aliphatic carbocycles. The number of methoxy groups -OCH3 is 2. The van der Waals surface area contributed by atoms with Gasteiger partial charge in [0.1, 0.15) is 17.6 Å². The molecule has 23 heavy (non-hydrogen) atoms. The molecular weight excluding hydrogens is 409 g/mol. The number of nitrogens with zero attached hydrogens (tertiary/aromatic N) is 1. The van der Waals surface area contributed by atoms with E-state index in [9.17, 15) is 0 Å². The van der Waals surface area contributed by atoms with Crippen LogP contribution in [0, 0.1) is 0 Å². The van der Waals surface area contributed by atoms with Crippen molar-refractivity contribution in [2.75, 3.05) is 41.0 Å². The Bertz CT molecular complexity index is 458. The number of hydrogen-bond donors (Lipinski definition) is 2. The first-order valence-electron chi connectivity index (χ1n) is 7.43. The first-order valence-corrected chi connectivity index (χ1v) is 7.43. The lowest BCUT2D eigenvalue weighted by Gasteiger charge is -2.18. The summed E-state index contributed by atoms with van der Waals surface area (Å²) in [6, 6.07) is 7.58. The molecule has 0 heterocycles. The van der Waals surface area contributed by atoms with E-state index < -0.39 is 0 Å². The quantitative estimate of drug-likeness (QED) is 0.269. The fourth-order valence-electron chi connectivity index (χ4n) is 1.83. The van der Waals surface area contributed by atoms with Crippen molar-refractivity contribution in [2.45, 2.75) is 19.4 Å². The molecule has 0 bridgehead atoms. The number of hydrogen-bond acceptors (Lipinski definition) is 4. The number of benzene rings is 1. The molecule has 1 rings (SSSR count). The van der Waals surface area contributed by atoms with Crippen LogP contribution in [-0.2, 0) is 4.74 Å². The lowest BCUT2D eigenvalue weighted by molar-refractivity contribution is 0.195. The molecule has 1 atom stereocenters. The van der Waals surface area contributed by atoms with Gasteiger partial charge in [0.25, 0.3) is 0 Å². The fraction of sp³-hybridized carbons (Fsp3) is 0.562. The maximum atomic E-state index is 5.85. The van der Waals surface area contributed by atoms with Gasteiger partial charge in [-0.3, -0.25) is 4.99 Å². The average Bonchev–Trinajstić information content (AvgIpc) is 2.54. The molecule has 0 radical (unpaired) electrons. The molecule has 1 aromatic carbocycles. The Morgan fingerprint density at radius 3 is 2.61 bits per heavy atom. The Labute approximate surface area is 156 Å². The van der Waals surface area contributed by atoms with Gasteiger partial charge in [-0.2, -0.15) is 0 Å². The standard InChI is InChI=1S/C16H27N3O3.HI/c1-13(22-15-8-5-7-14(11-15)21-4)12-19-16(17-2)18-9-6-10-20-3;/h5,7-8,11,13H,6,9-10,12H2,1-4H3,(H2,17,18,19);1H. The van der Waals surface area contributed by atoms with Crippen LogP contribution in [0.25, 0.3) is 0 Å². The maximum Gasteiger partial charge on any atom is 0.191 e. The van der Waals surface area contributed by atoms with Crippen molar-refractivity contribution in [3.05, 3.63) is 24.3 Å². The van der Waals surface area contributed by atoms with Crippen LogP contribution >= 0.6 is 24.0 Å². The van der Waals surface area contributed by atoms with Crippen LogP contribution in [0.4, 0.5) is 0 Å². The fourth-order valence-corrected chi connectivity index (χ4v) is 1.83. The molecule has 0 spiro atoms. The van der Waals surface area contributed by atoms with Crippen LogP contribution in [0.5, 0.6) is 11.5 Å². The maximum absolute atomic E-state index is 5.85. The normalized spacial score (nSPS) is 12.1. The largest absolute Gasteiger partial charge is 0.497 e. The second-order valence-electron chi connectivity index (χ2n) is 4.83. The second-order valence-corrected chi connectivity index (χ2v) is 4.83. The smallest absolute Gasteiger partial charge is 0.191 e. The van der Waals surface area contributed by atoms with Crippen molar-refractivity contribution in [2.24, 2.45) is 4.99 Å². The van der Waals surface area contributed by atoms with Gasteiger partial charge < -0.3 is 24.8 Å². The molecule has 0 saturated carbocycles. The third kappa shape index (κ3) is 9.50. The molecule has 6 nitrogen and oxygen atoms in total. The van der Waals surface area contributed by atoms with Gasteiger partial charge in [0.05, 0.1) is 13.7 Å². The summed E-state index contributed by atoms with van der Waals surface area (Å²) in [5, 5.41) is 6.46. The number of nitrogens with one attached hydrogen (secondary N) is 2. The monoisotopic (exact) mass is 437 g/mol. The molecule has 1 aromatic rings. The number of halogens is 1. The van der Waals surface area contributed by atoms with E-state index in [1.54, 1.807) is 21.3 Å².